The number of cyclic esters (lactones) is 1. The maximum absolute atomic E-state index is 10.5. The quantitative estimate of drug-likeness (QED) is 0.307. The van der Waals surface area contributed by atoms with Gasteiger partial charge >= 0.3 is 81.4 Å². The molecule has 0 bridgehead atoms. The summed E-state index contributed by atoms with van der Waals surface area (Å²) >= 11 is 0. The van der Waals surface area contributed by atoms with Crippen LogP contribution < -0.4 is 0 Å². The van der Waals surface area contributed by atoms with Gasteiger partial charge in [-0.25, -0.2) is 4.79 Å². The molecule has 1 aliphatic rings. The van der Waals surface area contributed by atoms with Crippen LogP contribution in [0.2, 0.25) is 0 Å². The van der Waals surface area contributed by atoms with Crippen molar-refractivity contribution in [3.05, 3.63) is 11.5 Å². The second-order valence-electron chi connectivity index (χ2n) is 2.31. The molecule has 0 fully saturated rings. The summed E-state index contributed by atoms with van der Waals surface area (Å²) in [7, 11) is 0. The Kier molecular flexibility index (Phi) is 9.46. The van der Waals surface area contributed by atoms with E-state index in [1.165, 1.54) is 0 Å². The summed E-state index contributed by atoms with van der Waals surface area (Å²) in [5.74, 6) is -2.78. The third kappa shape index (κ3) is 3.68. The van der Waals surface area contributed by atoms with Crippen LogP contribution in [-0.4, -0.2) is 121 Å². The zero-order valence-electron chi connectivity index (χ0n) is 5.97. The minimum atomic E-state index is -1.42. The summed E-state index contributed by atoms with van der Waals surface area (Å²) in [6, 6.07) is 0. The molecule has 0 aliphatic carbocycles. The Hall–Kier alpha value is 1.25. The number of rotatable bonds is 2. The normalized spacial score (nSPS) is 22.1. The number of carbonyl (C=O) groups is 1. The summed E-state index contributed by atoms with van der Waals surface area (Å²) < 4.78 is 4.32. The van der Waals surface area contributed by atoms with E-state index in [4.69, 9.17) is 20.4 Å². The molecule has 0 aromatic carbocycles. The number of hydrogen-bond acceptors (Lipinski definition) is 6. The third-order valence-electron chi connectivity index (χ3n) is 1.48. The predicted octanol–water partition coefficient (Wildman–Crippen LogP) is -3.24. The molecule has 1 heterocycles. The van der Waals surface area contributed by atoms with Gasteiger partial charge in [-0.1, -0.05) is 0 Å². The summed E-state index contributed by atoms with van der Waals surface area (Å²) in [6.45, 7) is -0.671. The first-order valence-electron chi connectivity index (χ1n) is 3.20. The van der Waals surface area contributed by atoms with Crippen LogP contribution in [0, 0.1) is 0 Å². The van der Waals surface area contributed by atoms with E-state index in [1.807, 2.05) is 0 Å². The minimum absolute atomic E-state index is 0. The van der Waals surface area contributed by atoms with E-state index < -0.39 is 36.3 Å². The van der Waals surface area contributed by atoms with Crippen molar-refractivity contribution in [3.63, 3.8) is 0 Å². The number of hydrogen-bond donors (Lipinski definition) is 4. The van der Waals surface area contributed by atoms with Crippen molar-refractivity contribution in [2.24, 2.45) is 0 Å². The molecule has 0 amide bonds. The topological polar surface area (TPSA) is 107 Å². The monoisotopic (exact) mass is 260 g/mol. The van der Waals surface area contributed by atoms with E-state index in [2.05, 4.69) is 4.74 Å². The van der Waals surface area contributed by atoms with E-state index in [-0.39, 0.29) is 75.5 Å². The average Bonchev–Trinajstić information content (AvgIpc) is 2.32. The van der Waals surface area contributed by atoms with Gasteiger partial charge in [0.1, 0.15) is 6.10 Å². The molecular formula is C6H12Ca2O6. The first kappa shape index (κ1) is 17.6. The van der Waals surface area contributed by atoms with Crippen molar-refractivity contribution in [2.75, 3.05) is 6.61 Å². The molecule has 0 aromatic heterocycles. The van der Waals surface area contributed by atoms with E-state index in [0.29, 0.717) is 0 Å². The first-order chi connectivity index (χ1) is 5.57. The molecular weight excluding hydrogens is 248 g/mol. The van der Waals surface area contributed by atoms with Crippen LogP contribution in [0.1, 0.15) is 0 Å². The number of carbonyl (C=O) groups excluding carboxylic acids is 1. The Labute approximate surface area is 140 Å². The van der Waals surface area contributed by atoms with Crippen molar-refractivity contribution in [1.82, 2.24) is 0 Å². The van der Waals surface area contributed by atoms with Crippen LogP contribution in [0.3, 0.4) is 0 Å². The average molecular weight is 260 g/mol. The van der Waals surface area contributed by atoms with Crippen molar-refractivity contribution >= 4 is 81.4 Å². The van der Waals surface area contributed by atoms with Crippen LogP contribution >= 0.6 is 0 Å². The van der Waals surface area contributed by atoms with Crippen LogP contribution in [0.15, 0.2) is 11.5 Å². The summed E-state index contributed by atoms with van der Waals surface area (Å²) in [4.78, 5) is 10.5. The molecule has 76 valence electrons. The maximum atomic E-state index is 10.5. The second kappa shape index (κ2) is 7.51. The van der Waals surface area contributed by atoms with E-state index in [1.54, 1.807) is 0 Å². The molecule has 14 heavy (non-hydrogen) atoms. The molecule has 8 heteroatoms. The van der Waals surface area contributed by atoms with Crippen LogP contribution in [0.4, 0.5) is 0 Å². The van der Waals surface area contributed by atoms with Crippen molar-refractivity contribution in [3.8, 4) is 0 Å². The van der Waals surface area contributed by atoms with Crippen molar-refractivity contribution in [2.45, 2.75) is 12.2 Å². The standard InChI is InChI=1S/C6H8O6.2Ca.4H/c7-1-2(8)5-3(9)4(10)6(11)12-5;;;;;;/h2,5,7-10H,1H2;;;;;;/t2-,5+;;;;;;/m0....../s1. The Morgan fingerprint density at radius 2 is 1.86 bits per heavy atom. The van der Waals surface area contributed by atoms with Crippen LogP contribution in [-0.2, 0) is 9.53 Å². The van der Waals surface area contributed by atoms with Gasteiger partial charge in [0.25, 0.3) is 0 Å². The summed E-state index contributed by atoms with van der Waals surface area (Å²) in [5.41, 5.74) is 0. The molecule has 1 rings (SSSR count). The van der Waals surface area contributed by atoms with Crippen LogP contribution in [0.25, 0.3) is 0 Å². The van der Waals surface area contributed by atoms with E-state index >= 15 is 0 Å². The van der Waals surface area contributed by atoms with Gasteiger partial charge in [-0.2, -0.15) is 0 Å². The van der Waals surface area contributed by atoms with Gasteiger partial charge in [-0.3, -0.25) is 0 Å². The van der Waals surface area contributed by atoms with Crippen molar-refractivity contribution < 1.29 is 30.0 Å². The molecule has 0 unspecified atom stereocenters. The number of aliphatic hydroxyl groups excluding tert-OH is 4. The van der Waals surface area contributed by atoms with Gasteiger partial charge < -0.3 is 25.2 Å². The van der Waals surface area contributed by atoms with Gasteiger partial charge in [-0.15, -0.1) is 0 Å². The number of esters is 1. The number of ether oxygens (including phenoxy) is 1. The predicted molar refractivity (Wildman–Crippen MR) is 52.3 cm³/mol. The fourth-order valence-corrected chi connectivity index (χ4v) is 0.823. The van der Waals surface area contributed by atoms with Crippen LogP contribution in [0.5, 0.6) is 0 Å². The van der Waals surface area contributed by atoms with Gasteiger partial charge in [-0.05, 0) is 0 Å². The fourth-order valence-electron chi connectivity index (χ4n) is 0.823. The molecule has 0 spiro atoms. The molecule has 0 aromatic rings. The number of aliphatic hydroxyl groups is 4. The molecule has 0 radical (unpaired) electrons. The van der Waals surface area contributed by atoms with Gasteiger partial charge in [0.2, 0.25) is 5.76 Å². The van der Waals surface area contributed by atoms with E-state index in [0.717, 1.165) is 0 Å². The Morgan fingerprint density at radius 1 is 1.36 bits per heavy atom. The zero-order chi connectivity index (χ0) is 9.30. The third-order valence-corrected chi connectivity index (χ3v) is 1.48. The van der Waals surface area contributed by atoms with Gasteiger partial charge in [0.05, 0.1) is 6.61 Å². The summed E-state index contributed by atoms with van der Waals surface area (Å²) in [5, 5.41) is 35.0. The van der Waals surface area contributed by atoms with Gasteiger partial charge in [0.15, 0.2) is 11.9 Å². The molecule has 0 saturated carbocycles. The van der Waals surface area contributed by atoms with E-state index in [9.17, 15) is 4.79 Å². The molecule has 2 atom stereocenters. The first-order valence-corrected chi connectivity index (χ1v) is 3.20. The molecule has 1 aliphatic heterocycles. The SMILES string of the molecule is O=C1O[C@H]([C@@H](O)CO)C(O)=C1O.[CaH2].[CaH2]. The second-order valence-corrected chi connectivity index (χ2v) is 2.31. The fraction of sp³-hybridized carbons (Fsp3) is 0.500. The van der Waals surface area contributed by atoms with Crippen molar-refractivity contribution in [1.29, 1.82) is 0 Å². The zero-order valence-corrected chi connectivity index (χ0v) is 5.97. The summed E-state index contributed by atoms with van der Waals surface area (Å²) in [6.07, 6.45) is -2.78. The Morgan fingerprint density at radius 3 is 2.14 bits per heavy atom. The molecule has 4 N–H and O–H groups in total. The Balaban J connectivity index is 0. The van der Waals surface area contributed by atoms with Gasteiger partial charge in [0, 0.05) is 0 Å². The molecule has 0 saturated heterocycles. The molecule has 6 nitrogen and oxygen atoms in total. The Bertz CT molecular complexity index is 240.